The fourth-order valence-electron chi connectivity index (χ4n) is 3.61. The van der Waals surface area contributed by atoms with Crippen LogP contribution < -0.4 is 10.6 Å². The van der Waals surface area contributed by atoms with Gasteiger partial charge >= 0.3 is 0 Å². The van der Waals surface area contributed by atoms with E-state index < -0.39 is 0 Å². The minimum absolute atomic E-state index is 0.0533. The molecule has 142 valence electrons. The maximum atomic E-state index is 13.3. The molecule has 2 atom stereocenters. The van der Waals surface area contributed by atoms with Crippen molar-refractivity contribution >= 4 is 11.8 Å². The lowest BCUT2D eigenvalue weighted by Gasteiger charge is -2.38. The summed E-state index contributed by atoms with van der Waals surface area (Å²) >= 11 is 0. The SMILES string of the molecule is C[C@H]1C[C@H]1C(=O)NCCC(=O)NCC1(c2ccc(F)cc2)CCOCC1. The fourth-order valence-corrected chi connectivity index (χ4v) is 3.61. The second-order valence-corrected chi connectivity index (χ2v) is 7.54. The molecule has 0 spiro atoms. The Morgan fingerprint density at radius 2 is 1.85 bits per heavy atom. The summed E-state index contributed by atoms with van der Waals surface area (Å²) < 4.78 is 18.7. The lowest BCUT2D eigenvalue weighted by molar-refractivity contribution is -0.123. The molecule has 0 radical (unpaired) electrons. The number of nitrogens with one attached hydrogen (secondary N) is 2. The van der Waals surface area contributed by atoms with Gasteiger partial charge in [0.15, 0.2) is 0 Å². The first kappa shape index (κ1) is 18.8. The first-order valence-corrected chi connectivity index (χ1v) is 9.38. The van der Waals surface area contributed by atoms with Crippen LogP contribution in [0, 0.1) is 17.7 Å². The topological polar surface area (TPSA) is 67.4 Å². The summed E-state index contributed by atoms with van der Waals surface area (Å²) in [5, 5.41) is 5.82. The lowest BCUT2D eigenvalue weighted by atomic mass is 9.74. The van der Waals surface area contributed by atoms with Gasteiger partial charge in [0.25, 0.3) is 0 Å². The fraction of sp³-hybridized carbons (Fsp3) is 0.600. The average Bonchev–Trinajstić information content (AvgIpc) is 3.38. The number of ether oxygens (including phenoxy) is 1. The van der Waals surface area contributed by atoms with Gasteiger partial charge in [0.05, 0.1) is 0 Å². The normalized spacial score (nSPS) is 23.9. The summed E-state index contributed by atoms with van der Waals surface area (Å²) in [6.45, 7) is 4.17. The van der Waals surface area contributed by atoms with Crippen molar-refractivity contribution in [2.45, 2.75) is 38.0 Å². The van der Waals surface area contributed by atoms with Crippen LogP contribution in [0.15, 0.2) is 24.3 Å². The Hall–Kier alpha value is -1.95. The number of hydrogen-bond donors (Lipinski definition) is 2. The second-order valence-electron chi connectivity index (χ2n) is 7.54. The highest BCUT2D eigenvalue weighted by atomic mass is 19.1. The van der Waals surface area contributed by atoms with Gasteiger partial charge < -0.3 is 15.4 Å². The van der Waals surface area contributed by atoms with Gasteiger partial charge in [0.1, 0.15) is 5.82 Å². The van der Waals surface area contributed by atoms with E-state index in [1.54, 1.807) is 12.1 Å². The zero-order valence-electron chi connectivity index (χ0n) is 15.2. The molecular formula is C20H27FN2O3. The van der Waals surface area contributed by atoms with E-state index in [-0.39, 0.29) is 35.4 Å². The van der Waals surface area contributed by atoms with Gasteiger partial charge in [-0.25, -0.2) is 4.39 Å². The van der Waals surface area contributed by atoms with Gasteiger partial charge in [-0.05, 0) is 42.9 Å². The molecule has 0 unspecified atom stereocenters. The molecule has 5 nitrogen and oxygen atoms in total. The summed E-state index contributed by atoms with van der Waals surface area (Å²) in [6, 6.07) is 6.51. The molecule has 1 saturated carbocycles. The van der Waals surface area contributed by atoms with E-state index in [4.69, 9.17) is 4.74 Å². The highest BCUT2D eigenvalue weighted by Gasteiger charge is 2.39. The van der Waals surface area contributed by atoms with Gasteiger partial charge in [0.2, 0.25) is 11.8 Å². The van der Waals surface area contributed by atoms with Crippen molar-refractivity contribution in [1.29, 1.82) is 0 Å². The Morgan fingerprint density at radius 3 is 2.46 bits per heavy atom. The Bertz CT molecular complexity index is 641. The molecule has 6 heteroatoms. The Morgan fingerprint density at radius 1 is 1.19 bits per heavy atom. The monoisotopic (exact) mass is 362 g/mol. The van der Waals surface area contributed by atoms with Crippen LogP contribution in [0.5, 0.6) is 0 Å². The molecule has 1 aromatic rings. The lowest BCUT2D eigenvalue weighted by Crippen LogP contribution is -2.45. The predicted molar refractivity (Wildman–Crippen MR) is 96.0 cm³/mol. The summed E-state index contributed by atoms with van der Waals surface area (Å²) in [7, 11) is 0. The zero-order valence-corrected chi connectivity index (χ0v) is 15.2. The largest absolute Gasteiger partial charge is 0.381 e. The molecule has 1 aliphatic heterocycles. The molecule has 3 rings (SSSR count). The van der Waals surface area contributed by atoms with Gasteiger partial charge in [-0.3, -0.25) is 9.59 Å². The van der Waals surface area contributed by atoms with Crippen molar-refractivity contribution in [2.75, 3.05) is 26.3 Å². The number of carbonyl (C=O) groups is 2. The molecule has 0 aromatic heterocycles. The molecule has 2 aliphatic rings. The van der Waals surface area contributed by atoms with Crippen LogP contribution in [0.2, 0.25) is 0 Å². The molecule has 0 bridgehead atoms. The quantitative estimate of drug-likeness (QED) is 0.781. The third-order valence-electron chi connectivity index (χ3n) is 5.63. The van der Waals surface area contributed by atoms with Crippen LogP contribution in [-0.4, -0.2) is 38.1 Å². The van der Waals surface area contributed by atoms with E-state index in [9.17, 15) is 14.0 Å². The van der Waals surface area contributed by atoms with Crippen molar-refractivity contribution in [3.8, 4) is 0 Å². The first-order valence-electron chi connectivity index (χ1n) is 9.38. The van der Waals surface area contributed by atoms with Crippen LogP contribution in [-0.2, 0) is 19.7 Å². The molecule has 1 aliphatic carbocycles. The van der Waals surface area contributed by atoms with Gasteiger partial charge in [-0.15, -0.1) is 0 Å². The van der Waals surface area contributed by atoms with Gasteiger partial charge in [0, 0.05) is 44.1 Å². The summed E-state index contributed by atoms with van der Waals surface area (Å²) in [6.07, 6.45) is 2.79. The summed E-state index contributed by atoms with van der Waals surface area (Å²) in [5.74, 6) is 0.301. The van der Waals surface area contributed by atoms with Crippen molar-refractivity contribution in [3.05, 3.63) is 35.6 Å². The van der Waals surface area contributed by atoms with E-state index >= 15 is 0 Å². The smallest absolute Gasteiger partial charge is 0.223 e. The highest BCUT2D eigenvalue weighted by Crippen LogP contribution is 2.37. The third-order valence-corrected chi connectivity index (χ3v) is 5.63. The maximum absolute atomic E-state index is 13.3. The molecule has 1 saturated heterocycles. The number of halogens is 1. The van der Waals surface area contributed by atoms with Gasteiger partial charge in [-0.2, -0.15) is 0 Å². The number of benzene rings is 1. The summed E-state index contributed by atoms with van der Waals surface area (Å²) in [5.41, 5.74) is 0.799. The molecule has 2 amide bonds. The average molecular weight is 362 g/mol. The molecule has 2 fully saturated rings. The van der Waals surface area contributed by atoms with E-state index in [1.165, 1.54) is 12.1 Å². The minimum atomic E-state index is -0.263. The van der Waals surface area contributed by atoms with Gasteiger partial charge in [-0.1, -0.05) is 19.1 Å². The van der Waals surface area contributed by atoms with Crippen LogP contribution in [0.3, 0.4) is 0 Å². The van der Waals surface area contributed by atoms with E-state index in [2.05, 4.69) is 17.6 Å². The van der Waals surface area contributed by atoms with Crippen LogP contribution in [0.1, 0.15) is 38.2 Å². The highest BCUT2D eigenvalue weighted by molar-refractivity contribution is 5.82. The molecule has 1 heterocycles. The number of hydrogen-bond acceptors (Lipinski definition) is 3. The Labute approximate surface area is 153 Å². The Kier molecular flexibility index (Phi) is 5.91. The molecule has 2 N–H and O–H groups in total. The Balaban J connectivity index is 1.50. The second kappa shape index (κ2) is 8.16. The van der Waals surface area contributed by atoms with E-state index in [0.29, 0.717) is 32.2 Å². The van der Waals surface area contributed by atoms with E-state index in [0.717, 1.165) is 24.8 Å². The first-order chi connectivity index (χ1) is 12.5. The van der Waals surface area contributed by atoms with Crippen LogP contribution in [0.4, 0.5) is 4.39 Å². The minimum Gasteiger partial charge on any atom is -0.381 e. The molecule has 26 heavy (non-hydrogen) atoms. The van der Waals surface area contributed by atoms with E-state index in [1.807, 2.05) is 0 Å². The zero-order chi connectivity index (χ0) is 18.6. The number of carbonyl (C=O) groups excluding carboxylic acids is 2. The van der Waals surface area contributed by atoms with Crippen molar-refractivity contribution < 1.29 is 18.7 Å². The third kappa shape index (κ3) is 4.61. The van der Waals surface area contributed by atoms with Crippen LogP contribution >= 0.6 is 0 Å². The van der Waals surface area contributed by atoms with Crippen molar-refractivity contribution in [3.63, 3.8) is 0 Å². The predicted octanol–water partition coefficient (Wildman–Crippen LogP) is 2.15. The van der Waals surface area contributed by atoms with Crippen molar-refractivity contribution in [1.82, 2.24) is 10.6 Å². The van der Waals surface area contributed by atoms with Crippen LogP contribution in [0.25, 0.3) is 0 Å². The maximum Gasteiger partial charge on any atom is 0.223 e. The molecule has 1 aromatic carbocycles. The number of amides is 2. The standard InChI is InChI=1S/C20H27FN2O3/c1-14-12-17(14)19(25)22-9-6-18(24)23-13-20(7-10-26-11-8-20)15-2-4-16(21)5-3-15/h2-5,14,17H,6-13H2,1H3,(H,22,25)(H,23,24)/t14-,17+/m0/s1. The molecular weight excluding hydrogens is 335 g/mol. The summed E-state index contributed by atoms with van der Waals surface area (Å²) in [4.78, 5) is 24.0. The van der Waals surface area contributed by atoms with Crippen molar-refractivity contribution in [2.24, 2.45) is 11.8 Å². The number of rotatable bonds is 7.